The molecule has 0 aromatic heterocycles. The molecule has 0 spiro atoms. The first-order valence-electron chi connectivity index (χ1n) is 16.5. The molecule has 2 heterocycles. The highest BCUT2D eigenvalue weighted by Crippen LogP contribution is 2.40. The number of carbonyl (C=O) groups is 3. The number of amides is 3. The lowest BCUT2D eigenvalue weighted by Gasteiger charge is -2.36. The Morgan fingerprint density at radius 1 is 0.780 bits per heavy atom. The number of anilines is 1. The van der Waals surface area contributed by atoms with Gasteiger partial charge in [-0.3, -0.25) is 19.3 Å². The highest BCUT2D eigenvalue weighted by Gasteiger charge is 2.35. The van der Waals surface area contributed by atoms with E-state index < -0.39 is 6.29 Å². The lowest BCUT2D eigenvalue weighted by molar-refractivity contribution is -0.245. The minimum absolute atomic E-state index is 0.0240. The predicted octanol–water partition coefficient (Wildman–Crippen LogP) is 7.94. The summed E-state index contributed by atoms with van der Waals surface area (Å²) in [6.45, 7) is 1.65. The Bertz CT molecular complexity index is 2000. The van der Waals surface area contributed by atoms with Gasteiger partial charge in [-0.05, 0) is 76.3 Å². The average Bonchev–Trinajstić information content (AvgIpc) is 3.39. The van der Waals surface area contributed by atoms with Gasteiger partial charge in [0, 0.05) is 35.2 Å². The average molecular weight is 685 g/mol. The molecule has 7 rings (SSSR count). The van der Waals surface area contributed by atoms with E-state index in [9.17, 15) is 19.5 Å². The summed E-state index contributed by atoms with van der Waals surface area (Å²) in [5, 5.41) is 12.4. The summed E-state index contributed by atoms with van der Waals surface area (Å²) in [7, 11) is 0. The zero-order valence-corrected chi connectivity index (χ0v) is 28.3. The fraction of sp³-hybridized carbons (Fsp3) is 0.195. The minimum Gasteiger partial charge on any atom is -0.392 e. The largest absolute Gasteiger partial charge is 0.392 e. The molecule has 3 amide bonds. The van der Waals surface area contributed by atoms with Crippen LogP contribution >= 0.6 is 11.8 Å². The van der Waals surface area contributed by atoms with Gasteiger partial charge in [-0.15, -0.1) is 11.8 Å². The molecule has 0 bridgehead atoms. The zero-order chi connectivity index (χ0) is 34.6. The van der Waals surface area contributed by atoms with E-state index in [-0.39, 0.29) is 43.1 Å². The first-order chi connectivity index (χ1) is 24.3. The van der Waals surface area contributed by atoms with Crippen LogP contribution in [0.25, 0.3) is 11.1 Å². The van der Waals surface area contributed by atoms with Crippen molar-refractivity contribution in [3.8, 4) is 11.1 Å². The van der Waals surface area contributed by atoms with Crippen molar-refractivity contribution in [3.63, 3.8) is 0 Å². The molecule has 9 heteroatoms. The van der Waals surface area contributed by atoms with Gasteiger partial charge >= 0.3 is 0 Å². The summed E-state index contributed by atoms with van der Waals surface area (Å²) < 4.78 is 13.2. The molecule has 1 fully saturated rings. The second-order valence-electron chi connectivity index (χ2n) is 12.4. The number of nitrogens with zero attached hydrogens (tertiary/aromatic N) is 1. The van der Waals surface area contributed by atoms with Gasteiger partial charge in [-0.1, -0.05) is 72.8 Å². The number of fused-ring (bicyclic) bond motifs is 1. The van der Waals surface area contributed by atoms with Crippen molar-refractivity contribution in [1.29, 1.82) is 0 Å². The highest BCUT2D eigenvalue weighted by atomic mass is 32.2. The Morgan fingerprint density at radius 3 is 2.14 bits per heavy atom. The Kier molecular flexibility index (Phi) is 9.91. The van der Waals surface area contributed by atoms with Crippen molar-refractivity contribution in [1.82, 2.24) is 4.90 Å². The standard InChI is InChI=1S/C41H36N2O6S/c1-26(45)42-33-16-18-35(19-17-33)50-25-34-22-38(29-14-12-27(24-44)13-15-29)49-41(48-34)32-9-5-8-31(21-32)30-7-4-6-28(20-30)23-43-39(46)36-10-2-3-11-37(36)40(43)47/h2-21,34,38,41,44H,22-25H2,1H3,(H,42,45). The lowest BCUT2D eigenvalue weighted by atomic mass is 9.99. The van der Waals surface area contributed by atoms with Crippen LogP contribution in [0.4, 0.5) is 5.69 Å². The quantitative estimate of drug-likeness (QED) is 0.114. The first-order valence-corrected chi connectivity index (χ1v) is 17.5. The number of imide groups is 1. The monoisotopic (exact) mass is 684 g/mol. The van der Waals surface area contributed by atoms with E-state index in [0.29, 0.717) is 23.3 Å². The summed E-state index contributed by atoms with van der Waals surface area (Å²) in [5.41, 5.74) is 7.11. The third kappa shape index (κ3) is 7.41. The van der Waals surface area contributed by atoms with Crippen molar-refractivity contribution in [2.75, 3.05) is 11.1 Å². The predicted molar refractivity (Wildman–Crippen MR) is 192 cm³/mol. The molecule has 50 heavy (non-hydrogen) atoms. The number of aliphatic hydroxyl groups is 1. The SMILES string of the molecule is CC(=O)Nc1ccc(SCC2CC(c3ccc(CO)cc3)OC(c3cccc(-c4cccc(CN5C(=O)c6ccccc6C5=O)c4)c3)O2)cc1. The number of nitrogens with one attached hydrogen (secondary N) is 1. The van der Waals surface area contributed by atoms with Crippen LogP contribution in [-0.2, 0) is 27.4 Å². The molecule has 0 saturated carbocycles. The zero-order valence-electron chi connectivity index (χ0n) is 27.5. The van der Waals surface area contributed by atoms with Gasteiger partial charge in [0.1, 0.15) is 0 Å². The maximum Gasteiger partial charge on any atom is 0.261 e. The van der Waals surface area contributed by atoms with Gasteiger partial charge in [0.2, 0.25) is 5.91 Å². The Balaban J connectivity index is 1.10. The van der Waals surface area contributed by atoms with Crippen LogP contribution < -0.4 is 5.32 Å². The topological polar surface area (TPSA) is 105 Å². The van der Waals surface area contributed by atoms with Gasteiger partial charge in [-0.25, -0.2) is 0 Å². The maximum absolute atomic E-state index is 13.0. The van der Waals surface area contributed by atoms with Gasteiger partial charge in [0.05, 0.1) is 36.5 Å². The molecule has 3 unspecified atom stereocenters. The summed E-state index contributed by atoms with van der Waals surface area (Å²) >= 11 is 1.69. The Morgan fingerprint density at radius 2 is 1.46 bits per heavy atom. The number of ether oxygens (including phenoxy) is 2. The third-order valence-electron chi connectivity index (χ3n) is 8.86. The summed E-state index contributed by atoms with van der Waals surface area (Å²) in [6, 6.07) is 38.5. The van der Waals surface area contributed by atoms with Gasteiger partial charge in [-0.2, -0.15) is 0 Å². The van der Waals surface area contributed by atoms with Crippen molar-refractivity contribution in [3.05, 3.63) is 155 Å². The van der Waals surface area contributed by atoms with Gasteiger partial charge < -0.3 is 19.9 Å². The smallest absolute Gasteiger partial charge is 0.261 e. The molecule has 3 atom stereocenters. The molecule has 252 valence electrons. The number of carbonyl (C=O) groups excluding carboxylic acids is 3. The number of rotatable bonds is 10. The number of aliphatic hydroxyl groups excluding tert-OH is 1. The number of hydrogen-bond donors (Lipinski definition) is 2. The van der Waals surface area contributed by atoms with Crippen molar-refractivity contribution in [2.24, 2.45) is 0 Å². The van der Waals surface area contributed by atoms with E-state index in [2.05, 4.69) is 11.4 Å². The Hall–Kier alpha value is -5.06. The van der Waals surface area contributed by atoms with E-state index in [0.717, 1.165) is 44.0 Å². The first kappa shape index (κ1) is 33.4. The molecule has 5 aromatic carbocycles. The van der Waals surface area contributed by atoms with Crippen molar-refractivity contribution >= 4 is 35.2 Å². The summed E-state index contributed by atoms with van der Waals surface area (Å²) in [5.74, 6) is 0.0347. The van der Waals surface area contributed by atoms with E-state index >= 15 is 0 Å². The molecular weight excluding hydrogens is 649 g/mol. The Labute approximate surface area is 295 Å². The molecule has 2 aliphatic rings. The second kappa shape index (κ2) is 14.8. The normalized spacial score (nSPS) is 18.6. The van der Waals surface area contributed by atoms with Gasteiger partial charge in [0.15, 0.2) is 6.29 Å². The van der Waals surface area contributed by atoms with Crippen LogP contribution in [-0.4, -0.2) is 39.6 Å². The second-order valence-corrected chi connectivity index (χ2v) is 13.5. The maximum atomic E-state index is 13.0. The molecule has 1 saturated heterocycles. The molecule has 2 aliphatic heterocycles. The van der Waals surface area contributed by atoms with Gasteiger partial charge in [0.25, 0.3) is 11.8 Å². The molecule has 0 aliphatic carbocycles. The fourth-order valence-corrected chi connectivity index (χ4v) is 7.25. The molecule has 5 aromatic rings. The van der Waals surface area contributed by atoms with E-state index in [1.54, 1.807) is 36.0 Å². The lowest BCUT2D eigenvalue weighted by Crippen LogP contribution is -2.31. The van der Waals surface area contributed by atoms with E-state index in [1.807, 2.05) is 91.0 Å². The molecular formula is C41H36N2O6S. The summed E-state index contributed by atoms with van der Waals surface area (Å²) in [6.07, 6.45) is -0.310. The van der Waals surface area contributed by atoms with E-state index in [4.69, 9.17) is 9.47 Å². The van der Waals surface area contributed by atoms with Crippen molar-refractivity contribution in [2.45, 2.75) is 49.9 Å². The number of thioether (sulfide) groups is 1. The van der Waals surface area contributed by atoms with E-state index in [1.165, 1.54) is 11.8 Å². The number of benzene rings is 5. The van der Waals surface area contributed by atoms with Crippen LogP contribution in [0, 0.1) is 0 Å². The highest BCUT2D eigenvalue weighted by molar-refractivity contribution is 7.99. The van der Waals surface area contributed by atoms with Crippen LogP contribution in [0.5, 0.6) is 0 Å². The number of hydrogen-bond acceptors (Lipinski definition) is 7. The third-order valence-corrected chi connectivity index (χ3v) is 10.0. The van der Waals surface area contributed by atoms with Crippen LogP contribution in [0.3, 0.4) is 0 Å². The van der Waals surface area contributed by atoms with Crippen molar-refractivity contribution < 1.29 is 29.0 Å². The van der Waals surface area contributed by atoms with Crippen LogP contribution in [0.2, 0.25) is 0 Å². The molecule has 2 N–H and O–H groups in total. The minimum atomic E-state index is -0.625. The van der Waals surface area contributed by atoms with Crippen LogP contribution in [0.1, 0.15) is 68.7 Å². The molecule has 8 nitrogen and oxygen atoms in total. The van der Waals surface area contributed by atoms with Crippen LogP contribution in [0.15, 0.2) is 126 Å². The summed E-state index contributed by atoms with van der Waals surface area (Å²) in [4.78, 5) is 39.8. The molecule has 0 radical (unpaired) electrons. The fourth-order valence-electron chi connectivity index (χ4n) is 6.33.